The highest BCUT2D eigenvalue weighted by molar-refractivity contribution is 5.96. The van der Waals surface area contributed by atoms with Crippen molar-refractivity contribution in [1.82, 2.24) is 9.80 Å². The Balaban J connectivity index is 1.63. The number of benzene rings is 2. The van der Waals surface area contributed by atoms with Crippen molar-refractivity contribution in [2.24, 2.45) is 0 Å². The van der Waals surface area contributed by atoms with Gasteiger partial charge in [-0.3, -0.25) is 9.59 Å². The summed E-state index contributed by atoms with van der Waals surface area (Å²) in [6, 6.07) is 9.68. The van der Waals surface area contributed by atoms with Gasteiger partial charge in [0.2, 0.25) is 0 Å². The molecule has 27 heavy (non-hydrogen) atoms. The highest BCUT2D eigenvalue weighted by atomic mass is 19.4. The fourth-order valence-electron chi connectivity index (χ4n) is 2.90. The van der Waals surface area contributed by atoms with Crippen LogP contribution in [-0.4, -0.2) is 47.8 Å². The normalized spacial score (nSPS) is 15.0. The monoisotopic (exact) mass is 380 g/mol. The fraction of sp³-hybridized carbons (Fsp3) is 0.263. The molecule has 0 aromatic heterocycles. The van der Waals surface area contributed by atoms with Crippen LogP contribution >= 0.6 is 0 Å². The first-order chi connectivity index (χ1) is 12.8. The van der Waals surface area contributed by atoms with E-state index in [1.54, 1.807) is 6.07 Å². The van der Waals surface area contributed by atoms with Crippen LogP contribution in [-0.2, 0) is 6.18 Å². The zero-order chi connectivity index (χ0) is 19.6. The number of piperazine rings is 1. The molecule has 1 aliphatic heterocycles. The third kappa shape index (κ3) is 4.10. The Labute approximate surface area is 153 Å². The first kappa shape index (κ1) is 18.9. The summed E-state index contributed by atoms with van der Waals surface area (Å²) in [4.78, 5) is 27.7. The Morgan fingerprint density at radius 1 is 0.778 bits per heavy atom. The van der Waals surface area contributed by atoms with E-state index >= 15 is 0 Å². The standard InChI is InChI=1S/C19H16F4N2O2/c20-16-4-2-1-3-15(16)18(27)25-11-9-24(10-12-25)17(26)13-5-7-14(8-6-13)19(21,22)23/h1-8H,9-12H2. The van der Waals surface area contributed by atoms with Crippen LogP contribution in [0.15, 0.2) is 48.5 Å². The molecule has 0 atom stereocenters. The minimum absolute atomic E-state index is 0.0278. The summed E-state index contributed by atoms with van der Waals surface area (Å²) in [6.45, 7) is 0.888. The maximum atomic E-state index is 13.7. The molecule has 0 saturated carbocycles. The van der Waals surface area contributed by atoms with E-state index < -0.39 is 29.4 Å². The fourth-order valence-corrected chi connectivity index (χ4v) is 2.90. The van der Waals surface area contributed by atoms with Gasteiger partial charge >= 0.3 is 6.18 Å². The topological polar surface area (TPSA) is 40.6 Å². The Morgan fingerprint density at radius 3 is 1.81 bits per heavy atom. The maximum Gasteiger partial charge on any atom is 0.416 e. The minimum atomic E-state index is -4.46. The molecule has 2 amide bonds. The Bertz CT molecular complexity index is 842. The summed E-state index contributed by atoms with van der Waals surface area (Å²) in [5.74, 6) is -1.46. The quantitative estimate of drug-likeness (QED) is 0.749. The van der Waals surface area contributed by atoms with Crippen molar-refractivity contribution in [2.75, 3.05) is 26.2 Å². The Morgan fingerprint density at radius 2 is 1.30 bits per heavy atom. The van der Waals surface area contributed by atoms with Gasteiger partial charge in [0.15, 0.2) is 0 Å². The first-order valence-electron chi connectivity index (χ1n) is 8.28. The number of carbonyl (C=O) groups is 2. The number of nitrogens with zero attached hydrogens (tertiary/aromatic N) is 2. The molecule has 1 aliphatic rings. The van der Waals surface area contributed by atoms with Crippen molar-refractivity contribution in [3.63, 3.8) is 0 Å². The molecule has 4 nitrogen and oxygen atoms in total. The average molecular weight is 380 g/mol. The number of alkyl halides is 3. The molecule has 0 bridgehead atoms. The van der Waals surface area contributed by atoms with Crippen LogP contribution in [0.25, 0.3) is 0 Å². The lowest BCUT2D eigenvalue weighted by Gasteiger charge is -2.35. The van der Waals surface area contributed by atoms with Gasteiger partial charge < -0.3 is 9.80 Å². The molecule has 1 heterocycles. The average Bonchev–Trinajstić information content (AvgIpc) is 2.67. The van der Waals surface area contributed by atoms with Gasteiger partial charge in [0.25, 0.3) is 11.8 Å². The molecular formula is C19H16F4N2O2. The Kier molecular flexibility index (Phi) is 5.16. The van der Waals surface area contributed by atoms with Gasteiger partial charge in [-0.25, -0.2) is 4.39 Å². The number of hydrogen-bond acceptors (Lipinski definition) is 2. The zero-order valence-corrected chi connectivity index (χ0v) is 14.2. The van der Waals surface area contributed by atoms with Gasteiger partial charge in [-0.15, -0.1) is 0 Å². The predicted octanol–water partition coefficient (Wildman–Crippen LogP) is 3.44. The van der Waals surface area contributed by atoms with Crippen molar-refractivity contribution < 1.29 is 27.2 Å². The van der Waals surface area contributed by atoms with Crippen LogP contribution < -0.4 is 0 Å². The molecule has 0 aliphatic carbocycles. The molecular weight excluding hydrogens is 364 g/mol. The van der Waals surface area contributed by atoms with E-state index in [4.69, 9.17) is 0 Å². The van der Waals surface area contributed by atoms with Crippen LogP contribution in [0.4, 0.5) is 17.6 Å². The molecule has 0 unspecified atom stereocenters. The van der Waals surface area contributed by atoms with E-state index in [-0.39, 0.29) is 37.3 Å². The van der Waals surface area contributed by atoms with E-state index in [1.807, 2.05) is 0 Å². The van der Waals surface area contributed by atoms with Gasteiger partial charge in [0.05, 0.1) is 11.1 Å². The summed E-state index contributed by atoms with van der Waals surface area (Å²) in [7, 11) is 0. The molecule has 8 heteroatoms. The summed E-state index contributed by atoms with van der Waals surface area (Å²) >= 11 is 0. The van der Waals surface area contributed by atoms with Crippen molar-refractivity contribution in [3.8, 4) is 0 Å². The van der Waals surface area contributed by atoms with Crippen molar-refractivity contribution in [3.05, 3.63) is 71.0 Å². The molecule has 2 aromatic carbocycles. The van der Waals surface area contributed by atoms with E-state index in [9.17, 15) is 27.2 Å². The van der Waals surface area contributed by atoms with Crippen molar-refractivity contribution in [2.45, 2.75) is 6.18 Å². The second kappa shape index (κ2) is 7.38. The number of hydrogen-bond donors (Lipinski definition) is 0. The van der Waals surface area contributed by atoms with Crippen molar-refractivity contribution >= 4 is 11.8 Å². The molecule has 0 spiro atoms. The van der Waals surface area contributed by atoms with Gasteiger partial charge in [0.1, 0.15) is 5.82 Å². The second-order valence-corrected chi connectivity index (χ2v) is 6.14. The van der Waals surface area contributed by atoms with E-state index in [2.05, 4.69) is 0 Å². The molecule has 142 valence electrons. The molecule has 0 N–H and O–H groups in total. The highest BCUT2D eigenvalue weighted by Gasteiger charge is 2.31. The molecule has 3 rings (SSSR count). The molecule has 0 radical (unpaired) electrons. The smallest absolute Gasteiger partial charge is 0.335 e. The Hall–Kier alpha value is -2.90. The molecule has 1 saturated heterocycles. The number of rotatable bonds is 2. The van der Waals surface area contributed by atoms with Crippen LogP contribution in [0.1, 0.15) is 26.3 Å². The van der Waals surface area contributed by atoms with Crippen LogP contribution in [0.3, 0.4) is 0 Å². The van der Waals surface area contributed by atoms with Crippen LogP contribution in [0, 0.1) is 5.82 Å². The third-order valence-electron chi connectivity index (χ3n) is 4.42. The molecule has 1 fully saturated rings. The van der Waals surface area contributed by atoms with Crippen LogP contribution in [0.2, 0.25) is 0 Å². The SMILES string of the molecule is O=C(c1ccc(C(F)(F)F)cc1)N1CCN(C(=O)c2ccccc2F)CC1. The van der Waals surface area contributed by atoms with Gasteiger partial charge in [-0.05, 0) is 36.4 Å². The van der Waals surface area contributed by atoms with Crippen molar-refractivity contribution in [1.29, 1.82) is 0 Å². The summed E-state index contributed by atoms with van der Waals surface area (Å²) in [5, 5.41) is 0. The van der Waals surface area contributed by atoms with Crippen LogP contribution in [0.5, 0.6) is 0 Å². The minimum Gasteiger partial charge on any atom is -0.335 e. The van der Waals surface area contributed by atoms with E-state index in [0.717, 1.165) is 24.3 Å². The second-order valence-electron chi connectivity index (χ2n) is 6.14. The van der Waals surface area contributed by atoms with E-state index in [0.29, 0.717) is 0 Å². The summed E-state index contributed by atoms with van der Waals surface area (Å²) in [5.41, 5.74) is -0.698. The number of carbonyl (C=O) groups excluding carboxylic acids is 2. The maximum absolute atomic E-state index is 13.7. The van der Waals surface area contributed by atoms with Gasteiger partial charge in [0, 0.05) is 31.7 Å². The lowest BCUT2D eigenvalue weighted by Crippen LogP contribution is -2.50. The first-order valence-corrected chi connectivity index (χ1v) is 8.28. The number of halogens is 4. The zero-order valence-electron chi connectivity index (χ0n) is 14.2. The predicted molar refractivity (Wildman–Crippen MR) is 89.7 cm³/mol. The number of amides is 2. The molecule has 2 aromatic rings. The van der Waals surface area contributed by atoms with Gasteiger partial charge in [-0.2, -0.15) is 13.2 Å². The lowest BCUT2D eigenvalue weighted by atomic mass is 10.1. The lowest BCUT2D eigenvalue weighted by molar-refractivity contribution is -0.137. The van der Waals surface area contributed by atoms with E-state index in [1.165, 1.54) is 28.0 Å². The summed E-state index contributed by atoms with van der Waals surface area (Å²) in [6.07, 6.45) is -4.46. The highest BCUT2D eigenvalue weighted by Crippen LogP contribution is 2.29. The third-order valence-corrected chi connectivity index (χ3v) is 4.42. The van der Waals surface area contributed by atoms with Gasteiger partial charge in [-0.1, -0.05) is 12.1 Å². The largest absolute Gasteiger partial charge is 0.416 e. The summed E-state index contributed by atoms with van der Waals surface area (Å²) < 4.78 is 51.6.